The van der Waals surface area contributed by atoms with Crippen molar-refractivity contribution in [1.82, 2.24) is 9.97 Å². The Kier molecular flexibility index (Phi) is 4.03. The van der Waals surface area contributed by atoms with Crippen LogP contribution in [-0.2, 0) is 14.3 Å². The Labute approximate surface area is 126 Å². The van der Waals surface area contributed by atoms with Crippen LogP contribution in [0.2, 0.25) is 0 Å². The number of morpholine rings is 1. The number of fused-ring (bicyclic) bond motifs is 1. The number of carbonyl (C=O) groups excluding carboxylic acids is 1. The zero-order valence-corrected chi connectivity index (χ0v) is 12.9. The molecule has 6 nitrogen and oxygen atoms in total. The summed E-state index contributed by atoms with van der Waals surface area (Å²) in [5, 5.41) is 2.09. The van der Waals surface area contributed by atoms with Gasteiger partial charge in [-0.25, -0.2) is 9.97 Å². The lowest BCUT2D eigenvalue weighted by Gasteiger charge is -2.33. The van der Waals surface area contributed by atoms with Crippen LogP contribution < -0.4 is 4.90 Å². The maximum atomic E-state index is 11.4. The van der Waals surface area contributed by atoms with E-state index in [4.69, 9.17) is 9.47 Å². The highest BCUT2D eigenvalue weighted by Crippen LogP contribution is 2.31. The van der Waals surface area contributed by atoms with Crippen LogP contribution in [0.1, 0.15) is 12.0 Å². The summed E-state index contributed by atoms with van der Waals surface area (Å²) in [4.78, 5) is 22.3. The maximum absolute atomic E-state index is 11.4. The van der Waals surface area contributed by atoms with Gasteiger partial charge in [0.2, 0.25) is 0 Å². The quantitative estimate of drug-likeness (QED) is 0.805. The van der Waals surface area contributed by atoms with Crippen molar-refractivity contribution >= 4 is 33.3 Å². The van der Waals surface area contributed by atoms with Gasteiger partial charge in [0.15, 0.2) is 0 Å². The van der Waals surface area contributed by atoms with E-state index in [-0.39, 0.29) is 18.5 Å². The van der Waals surface area contributed by atoms with Gasteiger partial charge in [-0.05, 0) is 17.9 Å². The molecule has 0 N–H and O–H groups in total. The van der Waals surface area contributed by atoms with Crippen molar-refractivity contribution in [2.75, 3.05) is 31.7 Å². The van der Waals surface area contributed by atoms with Crippen LogP contribution in [-0.4, -0.2) is 48.8 Å². The summed E-state index contributed by atoms with van der Waals surface area (Å²) >= 11 is 1.65. The van der Waals surface area contributed by atoms with E-state index in [1.165, 1.54) is 7.11 Å². The van der Waals surface area contributed by atoms with Crippen LogP contribution in [0.15, 0.2) is 11.7 Å². The molecule has 0 aliphatic carbocycles. The van der Waals surface area contributed by atoms with Gasteiger partial charge >= 0.3 is 5.97 Å². The molecule has 1 unspecified atom stereocenters. The fourth-order valence-corrected chi connectivity index (χ4v) is 3.51. The number of esters is 1. The van der Waals surface area contributed by atoms with E-state index >= 15 is 0 Å². The normalized spacial score (nSPS) is 19.0. The van der Waals surface area contributed by atoms with Gasteiger partial charge in [0.25, 0.3) is 0 Å². The van der Waals surface area contributed by atoms with Crippen LogP contribution in [0, 0.1) is 6.92 Å². The van der Waals surface area contributed by atoms with E-state index in [0.29, 0.717) is 13.2 Å². The molecule has 0 aromatic carbocycles. The molecule has 1 fully saturated rings. The number of hydrogen-bond donors (Lipinski definition) is 0. The van der Waals surface area contributed by atoms with E-state index in [0.717, 1.165) is 28.1 Å². The molecular weight excluding hydrogens is 290 g/mol. The zero-order chi connectivity index (χ0) is 14.8. The highest BCUT2D eigenvalue weighted by Gasteiger charge is 2.25. The molecule has 7 heteroatoms. The molecule has 0 amide bonds. The number of nitrogens with zero attached hydrogens (tertiary/aromatic N) is 3. The fraction of sp³-hybridized carbons (Fsp3) is 0.500. The molecule has 2 aromatic heterocycles. The number of carbonyl (C=O) groups is 1. The first kappa shape index (κ1) is 14.2. The molecular formula is C14H17N3O3S. The average molecular weight is 307 g/mol. The van der Waals surface area contributed by atoms with E-state index in [1.807, 2.05) is 0 Å². The van der Waals surface area contributed by atoms with Gasteiger partial charge in [-0.15, -0.1) is 11.3 Å². The summed E-state index contributed by atoms with van der Waals surface area (Å²) < 4.78 is 11.4. The van der Waals surface area contributed by atoms with Crippen LogP contribution in [0.3, 0.4) is 0 Å². The van der Waals surface area contributed by atoms with Gasteiger partial charge in [0, 0.05) is 13.1 Å². The Balaban J connectivity index is 1.83. The Hall–Kier alpha value is -1.73. The SMILES string of the molecule is COC(=O)CC1CN(c2ncnc3c(C)csc23)CCO1. The molecule has 21 heavy (non-hydrogen) atoms. The fourth-order valence-electron chi connectivity index (χ4n) is 2.49. The summed E-state index contributed by atoms with van der Waals surface area (Å²) in [7, 11) is 1.39. The van der Waals surface area contributed by atoms with Gasteiger partial charge in [0.05, 0.1) is 36.5 Å². The summed E-state index contributed by atoms with van der Waals surface area (Å²) in [6, 6.07) is 0. The molecule has 1 aliphatic rings. The minimum atomic E-state index is -0.248. The molecule has 1 saturated heterocycles. The lowest BCUT2D eigenvalue weighted by Crippen LogP contribution is -2.43. The second-order valence-electron chi connectivity index (χ2n) is 5.01. The second kappa shape index (κ2) is 5.95. The molecule has 3 heterocycles. The van der Waals surface area contributed by atoms with Crippen molar-refractivity contribution < 1.29 is 14.3 Å². The zero-order valence-electron chi connectivity index (χ0n) is 12.0. The number of aryl methyl sites for hydroxylation is 1. The van der Waals surface area contributed by atoms with E-state index < -0.39 is 0 Å². The Morgan fingerprint density at radius 1 is 1.57 bits per heavy atom. The Morgan fingerprint density at radius 2 is 2.43 bits per heavy atom. The van der Waals surface area contributed by atoms with E-state index in [9.17, 15) is 4.79 Å². The molecule has 0 bridgehead atoms. The number of ether oxygens (including phenoxy) is 2. The van der Waals surface area contributed by atoms with Crippen molar-refractivity contribution in [3.63, 3.8) is 0 Å². The van der Waals surface area contributed by atoms with Crippen LogP contribution in [0.4, 0.5) is 5.82 Å². The van der Waals surface area contributed by atoms with E-state index in [1.54, 1.807) is 17.7 Å². The second-order valence-corrected chi connectivity index (χ2v) is 5.89. The average Bonchev–Trinajstić information content (AvgIpc) is 2.89. The molecule has 2 aromatic rings. The molecule has 3 rings (SSSR count). The molecule has 0 radical (unpaired) electrons. The van der Waals surface area contributed by atoms with Crippen LogP contribution in [0.5, 0.6) is 0 Å². The van der Waals surface area contributed by atoms with Gasteiger partial charge in [-0.1, -0.05) is 0 Å². The number of methoxy groups -OCH3 is 1. The number of anilines is 1. The lowest BCUT2D eigenvalue weighted by molar-refractivity contribution is -0.144. The summed E-state index contributed by atoms with van der Waals surface area (Å²) in [6.07, 6.45) is 1.71. The molecule has 0 saturated carbocycles. The van der Waals surface area contributed by atoms with Gasteiger partial charge in [-0.3, -0.25) is 4.79 Å². The number of thiophene rings is 1. The van der Waals surface area contributed by atoms with Crippen molar-refractivity contribution in [2.45, 2.75) is 19.4 Å². The molecule has 1 aliphatic heterocycles. The van der Waals surface area contributed by atoms with Crippen LogP contribution in [0.25, 0.3) is 10.2 Å². The lowest BCUT2D eigenvalue weighted by atomic mass is 10.2. The van der Waals surface area contributed by atoms with Crippen molar-refractivity contribution in [2.24, 2.45) is 0 Å². The number of rotatable bonds is 3. The summed E-state index contributed by atoms with van der Waals surface area (Å²) in [5.74, 6) is 0.679. The summed E-state index contributed by atoms with van der Waals surface area (Å²) in [6.45, 7) is 4.03. The highest BCUT2D eigenvalue weighted by molar-refractivity contribution is 7.18. The first-order valence-electron chi connectivity index (χ1n) is 6.81. The Morgan fingerprint density at radius 3 is 3.24 bits per heavy atom. The van der Waals surface area contributed by atoms with Crippen LogP contribution >= 0.6 is 11.3 Å². The minimum absolute atomic E-state index is 0.155. The first-order chi connectivity index (χ1) is 10.2. The third-order valence-corrected chi connectivity index (χ3v) is 4.66. The predicted octanol–water partition coefficient (Wildman–Crippen LogP) is 1.77. The monoisotopic (exact) mass is 307 g/mol. The van der Waals surface area contributed by atoms with Gasteiger partial charge in [0.1, 0.15) is 12.1 Å². The van der Waals surface area contributed by atoms with Crippen molar-refractivity contribution in [3.8, 4) is 0 Å². The first-order valence-corrected chi connectivity index (χ1v) is 7.69. The summed E-state index contributed by atoms with van der Waals surface area (Å²) in [5.41, 5.74) is 2.17. The minimum Gasteiger partial charge on any atom is -0.469 e. The predicted molar refractivity (Wildman–Crippen MR) is 80.7 cm³/mol. The van der Waals surface area contributed by atoms with Crippen molar-refractivity contribution in [3.05, 3.63) is 17.3 Å². The molecule has 112 valence electrons. The topological polar surface area (TPSA) is 64.5 Å². The van der Waals surface area contributed by atoms with Crippen molar-refractivity contribution in [1.29, 1.82) is 0 Å². The standard InChI is InChI=1S/C14H17N3O3S/c1-9-7-21-13-12(9)15-8-16-14(13)17-3-4-20-10(6-17)5-11(18)19-2/h7-8,10H,3-6H2,1-2H3. The Bertz CT molecular complexity index is 658. The largest absolute Gasteiger partial charge is 0.469 e. The van der Waals surface area contributed by atoms with Gasteiger partial charge in [-0.2, -0.15) is 0 Å². The molecule has 0 spiro atoms. The third-order valence-electron chi connectivity index (χ3n) is 3.57. The smallest absolute Gasteiger partial charge is 0.308 e. The number of hydrogen-bond acceptors (Lipinski definition) is 7. The maximum Gasteiger partial charge on any atom is 0.308 e. The molecule has 1 atom stereocenters. The van der Waals surface area contributed by atoms with E-state index in [2.05, 4.69) is 27.2 Å². The van der Waals surface area contributed by atoms with Gasteiger partial charge < -0.3 is 14.4 Å². The highest BCUT2D eigenvalue weighted by atomic mass is 32.1. The number of aromatic nitrogens is 2. The third kappa shape index (κ3) is 2.84.